The molecule has 0 spiro atoms. The van der Waals surface area contributed by atoms with Gasteiger partial charge in [-0.25, -0.2) is 4.39 Å². The third-order valence-electron chi connectivity index (χ3n) is 4.14. The fraction of sp³-hybridized carbons (Fsp3) is 0.300. The molecule has 138 valence electrons. The summed E-state index contributed by atoms with van der Waals surface area (Å²) in [6, 6.07) is 12.6. The number of nitrogens with one attached hydrogen (secondary N) is 1. The van der Waals surface area contributed by atoms with Crippen molar-refractivity contribution >= 4 is 11.8 Å². The van der Waals surface area contributed by atoms with E-state index in [4.69, 9.17) is 4.74 Å². The van der Waals surface area contributed by atoms with Gasteiger partial charge in [-0.15, -0.1) is 0 Å². The van der Waals surface area contributed by atoms with E-state index in [1.807, 2.05) is 24.3 Å². The summed E-state index contributed by atoms with van der Waals surface area (Å²) in [6.07, 6.45) is 0. The Morgan fingerprint density at radius 3 is 2.19 bits per heavy atom. The molecule has 1 N–H and O–H groups in total. The number of carbonyl (C=O) groups excluding carboxylic acids is 2. The quantitative estimate of drug-likeness (QED) is 0.828. The van der Waals surface area contributed by atoms with E-state index < -0.39 is 6.04 Å². The molecule has 0 bridgehead atoms. The molecule has 2 rings (SSSR count). The Kier molecular flexibility index (Phi) is 6.72. The zero-order valence-corrected chi connectivity index (χ0v) is 15.2. The van der Waals surface area contributed by atoms with E-state index >= 15 is 0 Å². The highest BCUT2D eigenvalue weighted by Gasteiger charge is 2.23. The molecular weight excluding hydrogens is 335 g/mol. The molecule has 1 unspecified atom stereocenters. The van der Waals surface area contributed by atoms with Crippen LogP contribution in [-0.4, -0.2) is 29.9 Å². The molecule has 2 aromatic carbocycles. The number of carbonyl (C=O) groups is 2. The highest BCUT2D eigenvalue weighted by atomic mass is 19.1. The molecule has 0 aliphatic heterocycles. The van der Waals surface area contributed by atoms with Gasteiger partial charge >= 0.3 is 0 Å². The summed E-state index contributed by atoms with van der Waals surface area (Å²) in [4.78, 5) is 25.9. The molecule has 1 atom stereocenters. The molecule has 0 aromatic heterocycles. The van der Waals surface area contributed by atoms with Crippen molar-refractivity contribution in [1.29, 1.82) is 0 Å². The third kappa shape index (κ3) is 5.31. The van der Waals surface area contributed by atoms with E-state index in [-0.39, 0.29) is 24.2 Å². The van der Waals surface area contributed by atoms with E-state index in [1.54, 1.807) is 26.2 Å². The number of nitrogens with zero attached hydrogens (tertiary/aromatic N) is 1. The summed E-state index contributed by atoms with van der Waals surface area (Å²) in [6.45, 7) is 3.69. The van der Waals surface area contributed by atoms with Crippen molar-refractivity contribution in [2.24, 2.45) is 0 Å². The molecule has 2 aromatic rings. The van der Waals surface area contributed by atoms with Crippen LogP contribution in [0.25, 0.3) is 0 Å². The Balaban J connectivity index is 1.97. The number of rotatable bonds is 7. The zero-order valence-electron chi connectivity index (χ0n) is 15.2. The smallest absolute Gasteiger partial charge is 0.242 e. The molecule has 6 heteroatoms. The van der Waals surface area contributed by atoms with Crippen molar-refractivity contribution in [1.82, 2.24) is 10.2 Å². The minimum absolute atomic E-state index is 0.221. The van der Waals surface area contributed by atoms with Gasteiger partial charge in [0.25, 0.3) is 0 Å². The van der Waals surface area contributed by atoms with Gasteiger partial charge in [0.15, 0.2) is 0 Å². The molecule has 0 fully saturated rings. The van der Waals surface area contributed by atoms with Crippen LogP contribution in [-0.2, 0) is 22.7 Å². The lowest BCUT2D eigenvalue weighted by Crippen LogP contribution is -2.46. The second kappa shape index (κ2) is 8.99. The highest BCUT2D eigenvalue weighted by Crippen LogP contribution is 2.12. The van der Waals surface area contributed by atoms with E-state index in [9.17, 15) is 14.0 Å². The third-order valence-corrected chi connectivity index (χ3v) is 4.14. The number of methoxy groups -OCH3 is 1. The maximum absolute atomic E-state index is 13.0. The largest absolute Gasteiger partial charge is 0.497 e. The lowest BCUT2D eigenvalue weighted by Gasteiger charge is -2.27. The molecule has 0 aliphatic rings. The minimum Gasteiger partial charge on any atom is -0.497 e. The number of hydrogen-bond acceptors (Lipinski definition) is 3. The lowest BCUT2D eigenvalue weighted by atomic mass is 10.1. The van der Waals surface area contributed by atoms with Crippen LogP contribution in [0.15, 0.2) is 48.5 Å². The molecule has 0 aliphatic carbocycles. The first-order valence-electron chi connectivity index (χ1n) is 8.33. The van der Waals surface area contributed by atoms with Crippen LogP contribution in [0.5, 0.6) is 5.75 Å². The fourth-order valence-electron chi connectivity index (χ4n) is 2.53. The van der Waals surface area contributed by atoms with Gasteiger partial charge in [-0.1, -0.05) is 24.3 Å². The molecule has 0 saturated heterocycles. The molecule has 0 heterocycles. The summed E-state index contributed by atoms with van der Waals surface area (Å²) in [7, 11) is 1.59. The van der Waals surface area contributed by atoms with Crippen LogP contribution in [0.1, 0.15) is 25.0 Å². The minimum atomic E-state index is -0.643. The standard InChI is InChI=1S/C20H23FN2O3/c1-14(20(25)22-12-16-6-10-19(26-3)11-7-16)23(15(2)24)13-17-4-8-18(21)9-5-17/h4-11,14H,12-13H2,1-3H3,(H,22,25). The van der Waals surface area contributed by atoms with E-state index in [2.05, 4.69) is 5.32 Å². The van der Waals surface area contributed by atoms with Crippen molar-refractivity contribution in [2.75, 3.05) is 7.11 Å². The molecule has 26 heavy (non-hydrogen) atoms. The van der Waals surface area contributed by atoms with E-state index in [0.717, 1.165) is 16.9 Å². The maximum Gasteiger partial charge on any atom is 0.242 e. The Morgan fingerprint density at radius 1 is 1.08 bits per heavy atom. The van der Waals surface area contributed by atoms with Crippen LogP contribution in [0.3, 0.4) is 0 Å². The average molecular weight is 358 g/mol. The predicted molar refractivity (Wildman–Crippen MR) is 96.9 cm³/mol. The first-order chi connectivity index (χ1) is 12.4. The van der Waals surface area contributed by atoms with E-state index in [1.165, 1.54) is 24.0 Å². The summed E-state index contributed by atoms with van der Waals surface area (Å²) in [5, 5.41) is 2.83. The van der Waals surface area contributed by atoms with Crippen molar-refractivity contribution in [3.63, 3.8) is 0 Å². The second-order valence-corrected chi connectivity index (χ2v) is 6.02. The first kappa shape index (κ1) is 19.4. The van der Waals surface area contributed by atoms with E-state index in [0.29, 0.717) is 6.54 Å². The van der Waals surface area contributed by atoms with Crippen LogP contribution in [0.4, 0.5) is 4.39 Å². The Bertz CT molecular complexity index is 745. The van der Waals surface area contributed by atoms with Gasteiger partial charge in [-0.2, -0.15) is 0 Å². The number of hydrogen-bond donors (Lipinski definition) is 1. The van der Waals surface area contributed by atoms with Crippen molar-refractivity contribution < 1.29 is 18.7 Å². The Hall–Kier alpha value is -2.89. The number of benzene rings is 2. The fourth-order valence-corrected chi connectivity index (χ4v) is 2.53. The highest BCUT2D eigenvalue weighted by molar-refractivity contribution is 5.86. The maximum atomic E-state index is 13.0. The zero-order chi connectivity index (χ0) is 19.1. The van der Waals surface area contributed by atoms with Gasteiger partial charge in [0.05, 0.1) is 7.11 Å². The van der Waals surface area contributed by atoms with Gasteiger partial charge in [-0.05, 0) is 42.3 Å². The summed E-state index contributed by atoms with van der Waals surface area (Å²) in [5.74, 6) is -0.0662. The predicted octanol–water partition coefficient (Wildman–Crippen LogP) is 2.89. The van der Waals surface area contributed by atoms with Gasteiger partial charge in [0.1, 0.15) is 17.6 Å². The van der Waals surface area contributed by atoms with Gasteiger partial charge in [0, 0.05) is 20.0 Å². The van der Waals surface area contributed by atoms with Gasteiger partial charge in [-0.3, -0.25) is 9.59 Å². The van der Waals surface area contributed by atoms with Crippen molar-refractivity contribution in [2.45, 2.75) is 33.0 Å². The average Bonchev–Trinajstić information content (AvgIpc) is 2.65. The SMILES string of the molecule is COc1ccc(CNC(=O)C(C)N(Cc2ccc(F)cc2)C(C)=O)cc1. The molecular formula is C20H23FN2O3. The first-order valence-corrected chi connectivity index (χ1v) is 8.33. The van der Waals surface area contributed by atoms with Crippen molar-refractivity contribution in [3.8, 4) is 5.75 Å². The lowest BCUT2D eigenvalue weighted by molar-refractivity contribution is -0.139. The molecule has 0 radical (unpaired) electrons. The number of halogens is 1. The van der Waals surface area contributed by atoms with Crippen LogP contribution < -0.4 is 10.1 Å². The molecule has 2 amide bonds. The number of amides is 2. The second-order valence-electron chi connectivity index (χ2n) is 6.02. The topological polar surface area (TPSA) is 58.6 Å². The van der Waals surface area contributed by atoms with Crippen LogP contribution >= 0.6 is 0 Å². The summed E-state index contributed by atoms with van der Waals surface area (Å²) >= 11 is 0. The number of ether oxygens (including phenoxy) is 1. The summed E-state index contributed by atoms with van der Waals surface area (Å²) < 4.78 is 18.1. The summed E-state index contributed by atoms with van der Waals surface area (Å²) in [5.41, 5.74) is 1.69. The molecule has 0 saturated carbocycles. The van der Waals surface area contributed by atoms with Gasteiger partial charge in [0.2, 0.25) is 11.8 Å². The molecule has 5 nitrogen and oxygen atoms in total. The Labute approximate surface area is 152 Å². The van der Waals surface area contributed by atoms with Gasteiger partial charge < -0.3 is 15.0 Å². The van der Waals surface area contributed by atoms with Crippen molar-refractivity contribution in [3.05, 3.63) is 65.5 Å². The monoisotopic (exact) mass is 358 g/mol. The normalized spacial score (nSPS) is 11.5. The van der Waals surface area contributed by atoms with Crippen LogP contribution in [0.2, 0.25) is 0 Å². The Morgan fingerprint density at radius 2 is 1.65 bits per heavy atom. The van der Waals surface area contributed by atoms with Crippen LogP contribution in [0, 0.1) is 5.82 Å².